The van der Waals surface area contributed by atoms with Crippen molar-refractivity contribution in [3.63, 3.8) is 0 Å². The lowest BCUT2D eigenvalue weighted by Gasteiger charge is -2.10. The van der Waals surface area contributed by atoms with Crippen LogP contribution in [0, 0.1) is 20.8 Å². The van der Waals surface area contributed by atoms with E-state index in [1.54, 1.807) is 13.3 Å². The third-order valence-corrected chi connectivity index (χ3v) is 5.78. The number of hydrogen-bond acceptors (Lipinski definition) is 4. The van der Waals surface area contributed by atoms with Crippen molar-refractivity contribution in [3.05, 3.63) is 89.0 Å². The Morgan fingerprint density at radius 1 is 1.03 bits per heavy atom. The molecule has 0 saturated heterocycles. The van der Waals surface area contributed by atoms with Crippen LogP contribution < -0.4 is 15.4 Å². The minimum Gasteiger partial charge on any atom is -0.497 e. The maximum absolute atomic E-state index is 5.56. The fourth-order valence-corrected chi connectivity index (χ4v) is 3.95. The molecule has 170 valence electrons. The summed E-state index contributed by atoms with van der Waals surface area (Å²) >= 11 is 5.56. The Kier molecular flexibility index (Phi) is 6.74. The van der Waals surface area contributed by atoms with E-state index in [9.17, 15) is 0 Å². The third-order valence-electron chi connectivity index (χ3n) is 5.57. The molecular formula is C25H28N6OS. The molecule has 0 atom stereocenters. The van der Waals surface area contributed by atoms with Gasteiger partial charge in [-0.15, -0.1) is 0 Å². The Balaban J connectivity index is 1.41. The highest BCUT2D eigenvalue weighted by atomic mass is 32.1. The molecule has 2 aromatic heterocycles. The van der Waals surface area contributed by atoms with Gasteiger partial charge in [-0.05, 0) is 61.8 Å². The number of anilines is 2. The van der Waals surface area contributed by atoms with Gasteiger partial charge in [0.1, 0.15) is 5.75 Å². The first kappa shape index (κ1) is 22.5. The summed E-state index contributed by atoms with van der Waals surface area (Å²) in [6.07, 6.45) is 3.73. The van der Waals surface area contributed by atoms with E-state index in [0.29, 0.717) is 18.2 Å². The number of hydrogen-bond donors (Lipinski definition) is 2. The van der Waals surface area contributed by atoms with Crippen molar-refractivity contribution in [3.8, 4) is 5.75 Å². The van der Waals surface area contributed by atoms with Gasteiger partial charge in [0.2, 0.25) is 0 Å². The molecule has 0 amide bonds. The molecule has 2 heterocycles. The maximum Gasteiger partial charge on any atom is 0.175 e. The molecule has 0 fully saturated rings. The van der Waals surface area contributed by atoms with E-state index < -0.39 is 0 Å². The number of rotatable bonds is 7. The average Bonchev–Trinajstić information content (AvgIpc) is 3.34. The van der Waals surface area contributed by atoms with Crippen LogP contribution >= 0.6 is 12.2 Å². The summed E-state index contributed by atoms with van der Waals surface area (Å²) in [5.41, 5.74) is 7.24. The minimum atomic E-state index is 0.498. The summed E-state index contributed by atoms with van der Waals surface area (Å²) in [6.45, 7) is 7.48. The first-order chi connectivity index (χ1) is 15.9. The molecule has 0 aliphatic heterocycles. The van der Waals surface area contributed by atoms with Crippen LogP contribution in [0.5, 0.6) is 5.75 Å². The van der Waals surface area contributed by atoms with Gasteiger partial charge in [-0.1, -0.05) is 36.4 Å². The number of ether oxygens (including phenoxy) is 1. The molecule has 2 aromatic carbocycles. The number of aromatic nitrogens is 4. The Morgan fingerprint density at radius 3 is 2.64 bits per heavy atom. The third kappa shape index (κ3) is 5.40. The van der Waals surface area contributed by atoms with Crippen LogP contribution in [0.3, 0.4) is 0 Å². The van der Waals surface area contributed by atoms with Gasteiger partial charge in [-0.25, -0.2) is 0 Å². The number of methoxy groups -OCH3 is 1. The topological polar surface area (TPSA) is 68.9 Å². The smallest absolute Gasteiger partial charge is 0.175 e. The first-order valence-electron chi connectivity index (χ1n) is 10.7. The standard InChI is InChI=1S/C25H28N6OS/c1-17-8-5-6-10-21(17)15-30-16-22(13-26-30)27-25(33)28-24-18(2)29-31(19(24)3)14-20-9-7-11-23(12-20)32-4/h5-13,16H,14-15H2,1-4H3,(H2,27,28,33). The molecule has 4 rings (SSSR count). The van der Waals surface area contributed by atoms with Crippen LogP contribution in [0.15, 0.2) is 60.9 Å². The highest BCUT2D eigenvalue weighted by molar-refractivity contribution is 7.80. The number of aryl methyl sites for hydroxylation is 2. The van der Waals surface area contributed by atoms with Gasteiger partial charge in [0.25, 0.3) is 0 Å². The summed E-state index contributed by atoms with van der Waals surface area (Å²) in [6, 6.07) is 16.3. The Bertz CT molecular complexity index is 1280. The summed E-state index contributed by atoms with van der Waals surface area (Å²) in [5, 5.41) is 16.2. The van der Waals surface area contributed by atoms with E-state index in [1.807, 2.05) is 59.7 Å². The van der Waals surface area contributed by atoms with Crippen molar-refractivity contribution < 1.29 is 4.74 Å². The van der Waals surface area contributed by atoms with Crippen LogP contribution in [0.2, 0.25) is 0 Å². The van der Waals surface area contributed by atoms with Gasteiger partial charge >= 0.3 is 0 Å². The van der Waals surface area contributed by atoms with E-state index in [-0.39, 0.29) is 0 Å². The number of benzene rings is 2. The SMILES string of the molecule is COc1cccc(Cn2nc(C)c(NC(=S)Nc3cnn(Cc4ccccc4C)c3)c2C)c1. The molecule has 0 aliphatic rings. The molecule has 4 aromatic rings. The molecule has 7 nitrogen and oxygen atoms in total. The van der Waals surface area contributed by atoms with E-state index >= 15 is 0 Å². The fourth-order valence-electron chi connectivity index (χ4n) is 3.73. The maximum atomic E-state index is 5.56. The molecule has 33 heavy (non-hydrogen) atoms. The Morgan fingerprint density at radius 2 is 1.85 bits per heavy atom. The van der Waals surface area contributed by atoms with Gasteiger partial charge in [-0.2, -0.15) is 10.2 Å². The predicted octanol–water partition coefficient (Wildman–Crippen LogP) is 4.92. The van der Waals surface area contributed by atoms with Gasteiger partial charge in [0.15, 0.2) is 5.11 Å². The van der Waals surface area contributed by atoms with Crippen LogP contribution in [-0.2, 0) is 13.1 Å². The number of thiocarbonyl (C=S) groups is 1. The molecule has 8 heteroatoms. The van der Waals surface area contributed by atoms with Crippen molar-refractivity contribution in [2.45, 2.75) is 33.9 Å². The molecular weight excluding hydrogens is 432 g/mol. The second-order valence-electron chi connectivity index (χ2n) is 7.99. The van der Waals surface area contributed by atoms with Crippen molar-refractivity contribution in [1.82, 2.24) is 19.6 Å². The second kappa shape index (κ2) is 9.87. The molecule has 0 saturated carbocycles. The van der Waals surface area contributed by atoms with Gasteiger partial charge < -0.3 is 15.4 Å². The van der Waals surface area contributed by atoms with Gasteiger partial charge in [-0.3, -0.25) is 9.36 Å². The van der Waals surface area contributed by atoms with Crippen LogP contribution in [0.25, 0.3) is 0 Å². The normalized spacial score (nSPS) is 10.8. The first-order valence-corrected chi connectivity index (χ1v) is 11.2. The van der Waals surface area contributed by atoms with Crippen molar-refractivity contribution in [2.75, 3.05) is 17.7 Å². The van der Waals surface area contributed by atoms with Crippen LogP contribution in [0.4, 0.5) is 11.4 Å². The van der Waals surface area contributed by atoms with Crippen molar-refractivity contribution in [1.29, 1.82) is 0 Å². The van der Waals surface area contributed by atoms with E-state index in [2.05, 4.69) is 46.0 Å². The predicted molar refractivity (Wildman–Crippen MR) is 136 cm³/mol. The molecule has 0 radical (unpaired) electrons. The molecule has 0 spiro atoms. The zero-order valence-corrected chi connectivity index (χ0v) is 20.1. The Labute approximate surface area is 199 Å². The summed E-state index contributed by atoms with van der Waals surface area (Å²) < 4.78 is 9.19. The van der Waals surface area contributed by atoms with E-state index in [1.165, 1.54) is 11.1 Å². The monoisotopic (exact) mass is 460 g/mol. The van der Waals surface area contributed by atoms with E-state index in [0.717, 1.165) is 34.1 Å². The lowest BCUT2D eigenvalue weighted by Crippen LogP contribution is -2.19. The minimum absolute atomic E-state index is 0.498. The zero-order valence-electron chi connectivity index (χ0n) is 19.3. The largest absolute Gasteiger partial charge is 0.497 e. The van der Waals surface area contributed by atoms with Crippen molar-refractivity contribution in [2.24, 2.45) is 0 Å². The molecule has 0 bridgehead atoms. The van der Waals surface area contributed by atoms with Gasteiger partial charge in [0, 0.05) is 6.20 Å². The second-order valence-corrected chi connectivity index (χ2v) is 8.40. The average molecular weight is 461 g/mol. The van der Waals surface area contributed by atoms with Crippen LogP contribution in [-0.4, -0.2) is 31.8 Å². The highest BCUT2D eigenvalue weighted by Crippen LogP contribution is 2.22. The van der Waals surface area contributed by atoms with E-state index in [4.69, 9.17) is 17.0 Å². The lowest BCUT2D eigenvalue weighted by atomic mass is 10.1. The van der Waals surface area contributed by atoms with Gasteiger partial charge in [0.05, 0.1) is 49.2 Å². The quantitative estimate of drug-likeness (QED) is 0.382. The Hall–Kier alpha value is -3.65. The molecule has 2 N–H and O–H groups in total. The summed E-state index contributed by atoms with van der Waals surface area (Å²) in [7, 11) is 1.67. The fraction of sp³-hybridized carbons (Fsp3) is 0.240. The number of nitrogens with one attached hydrogen (secondary N) is 2. The number of nitrogens with zero attached hydrogens (tertiary/aromatic N) is 4. The summed E-state index contributed by atoms with van der Waals surface area (Å²) in [5.74, 6) is 0.834. The zero-order chi connectivity index (χ0) is 23.4. The van der Waals surface area contributed by atoms with Crippen LogP contribution in [0.1, 0.15) is 28.1 Å². The highest BCUT2D eigenvalue weighted by Gasteiger charge is 2.14. The summed E-state index contributed by atoms with van der Waals surface area (Å²) in [4.78, 5) is 0. The molecule has 0 unspecified atom stereocenters. The molecule has 0 aliphatic carbocycles. The lowest BCUT2D eigenvalue weighted by molar-refractivity contribution is 0.414. The van der Waals surface area contributed by atoms with Crippen molar-refractivity contribution >= 4 is 28.7 Å².